The molecule has 1 aromatic carbocycles. The number of carboxylic acid groups (broad SMARTS) is 1. The van der Waals surface area contributed by atoms with Gasteiger partial charge in [-0.15, -0.1) is 0 Å². The minimum absolute atomic E-state index is 0.793. The molecule has 0 amide bonds. The van der Waals surface area contributed by atoms with Gasteiger partial charge in [0.25, 0.3) is 5.97 Å². The van der Waals surface area contributed by atoms with Gasteiger partial charge in [0.05, 0.1) is 0 Å². The molecule has 3 N–H and O–H groups in total. The first kappa shape index (κ1) is 12.8. The normalized spacial score (nSPS) is 8.62. The van der Waals surface area contributed by atoms with Crippen molar-refractivity contribution in [1.82, 2.24) is 0 Å². The second kappa shape index (κ2) is 6.27. The van der Waals surface area contributed by atoms with Crippen molar-refractivity contribution in [3.63, 3.8) is 0 Å². The second-order valence-corrected chi connectivity index (χ2v) is 3.88. The van der Waals surface area contributed by atoms with E-state index in [1.165, 1.54) is 0 Å². The van der Waals surface area contributed by atoms with Gasteiger partial charge in [0.2, 0.25) is 0 Å². The zero-order chi connectivity index (χ0) is 10.4. The molecule has 13 heavy (non-hydrogen) atoms. The second-order valence-electron chi connectivity index (χ2n) is 2.47. The molecule has 0 spiro atoms. The van der Waals surface area contributed by atoms with Gasteiger partial charge in [-0.1, -0.05) is 0 Å². The molecule has 66 valence electrons. The van der Waals surface area contributed by atoms with E-state index >= 15 is 0 Å². The van der Waals surface area contributed by atoms with Gasteiger partial charge in [-0.05, 0) is 0 Å². The summed E-state index contributed by atoms with van der Waals surface area (Å²) in [5.74, 6) is -0.833. The summed E-state index contributed by atoms with van der Waals surface area (Å²) in [7, 11) is 0. The molecule has 0 saturated carbocycles. The zero-order valence-electron chi connectivity index (χ0n) is 7.54. The Morgan fingerprint density at radius 3 is 2.38 bits per heavy atom. The number of nitrogens with two attached hydrogens (primary N) is 1. The molecule has 0 radical (unpaired) electrons. The van der Waals surface area contributed by atoms with E-state index < -0.39 is 5.97 Å². The van der Waals surface area contributed by atoms with Gasteiger partial charge in [-0.2, -0.15) is 0 Å². The van der Waals surface area contributed by atoms with Crippen molar-refractivity contribution < 1.29 is 9.90 Å². The van der Waals surface area contributed by atoms with Gasteiger partial charge in [-0.25, -0.2) is 0 Å². The standard InChI is InChI=1S/C6H5ClN.C2H4O2.Na/c7-5-2-1-3-6(8)4-5;1-2(3)4;/h1-3H,8H2;1H3,(H,3,4);. The Balaban J connectivity index is 0.000000310. The van der Waals surface area contributed by atoms with Crippen LogP contribution in [0.25, 0.3) is 0 Å². The van der Waals surface area contributed by atoms with Crippen LogP contribution in [0.4, 0.5) is 5.69 Å². The fourth-order valence-electron chi connectivity index (χ4n) is 0.624. The van der Waals surface area contributed by atoms with Crippen LogP contribution < -0.4 is 8.55 Å². The van der Waals surface area contributed by atoms with Crippen LogP contribution in [0.15, 0.2) is 18.2 Å². The van der Waals surface area contributed by atoms with E-state index in [0.29, 0.717) is 0 Å². The Labute approximate surface area is 99.3 Å². The van der Waals surface area contributed by atoms with Crippen molar-refractivity contribution in [3.05, 3.63) is 23.2 Å². The topological polar surface area (TPSA) is 63.3 Å². The average Bonchev–Trinajstić information content (AvgIpc) is 1.99. The fourth-order valence-corrected chi connectivity index (χ4v) is 1.14. The number of halogens is 1. The van der Waals surface area contributed by atoms with Crippen molar-refractivity contribution in [2.24, 2.45) is 0 Å². The molecule has 0 saturated heterocycles. The molecule has 0 bridgehead atoms. The molecule has 0 aliphatic rings. The van der Waals surface area contributed by atoms with Crippen molar-refractivity contribution in [2.45, 2.75) is 6.92 Å². The summed E-state index contributed by atoms with van der Waals surface area (Å²) in [5.41, 5.74) is 6.38. The third kappa shape index (κ3) is 5.93. The number of rotatable bonds is 0. The summed E-state index contributed by atoms with van der Waals surface area (Å²) in [6, 6.07) is 5.59. The Morgan fingerprint density at radius 2 is 2.08 bits per heavy atom. The van der Waals surface area contributed by atoms with Crippen LogP contribution in [-0.4, -0.2) is 39.0 Å². The van der Waals surface area contributed by atoms with E-state index in [2.05, 4.69) is 0 Å². The first-order valence-electron chi connectivity index (χ1n) is 3.65. The van der Waals surface area contributed by atoms with Gasteiger partial charge in [0.1, 0.15) is 0 Å². The van der Waals surface area contributed by atoms with Crippen molar-refractivity contribution >= 4 is 54.0 Å². The third-order valence-corrected chi connectivity index (χ3v) is 3.15. The van der Waals surface area contributed by atoms with Crippen LogP contribution in [0.2, 0.25) is 5.02 Å². The maximum absolute atomic E-state index is 9.00. The molecule has 3 nitrogen and oxygen atoms in total. The average molecular weight is 210 g/mol. The predicted molar refractivity (Wildman–Crippen MR) is 54.6 cm³/mol. The van der Waals surface area contributed by atoms with E-state index in [-0.39, 0.29) is 0 Å². The van der Waals surface area contributed by atoms with Crippen molar-refractivity contribution in [1.29, 1.82) is 0 Å². The Morgan fingerprint density at radius 1 is 1.62 bits per heavy atom. The van der Waals surface area contributed by atoms with E-state index in [1.807, 2.05) is 18.2 Å². The summed E-state index contributed by atoms with van der Waals surface area (Å²) < 4.78 is 1.10. The fraction of sp³-hybridized carbons (Fsp3) is 0.125. The van der Waals surface area contributed by atoms with Gasteiger partial charge >= 0.3 is 77.0 Å². The summed E-state index contributed by atoms with van der Waals surface area (Å²) in [4.78, 5) is 9.00. The minimum atomic E-state index is -0.833. The maximum atomic E-state index is 9.00. The van der Waals surface area contributed by atoms with Gasteiger partial charge in [0.15, 0.2) is 0 Å². The number of carbonyl (C=O) groups is 1. The van der Waals surface area contributed by atoms with Gasteiger partial charge in [-0.3, -0.25) is 4.79 Å². The summed E-state index contributed by atoms with van der Waals surface area (Å²) >= 11 is 6.69. The van der Waals surface area contributed by atoms with Crippen LogP contribution in [-0.2, 0) is 4.79 Å². The van der Waals surface area contributed by atoms with Crippen LogP contribution in [0.1, 0.15) is 6.92 Å². The molecule has 5 heteroatoms. The van der Waals surface area contributed by atoms with Gasteiger partial charge in [0, 0.05) is 6.92 Å². The Hall–Kier alpha value is -0.220. The molecule has 1 aromatic rings. The van der Waals surface area contributed by atoms with Crippen molar-refractivity contribution in [2.75, 3.05) is 5.73 Å². The van der Waals surface area contributed by atoms with E-state index in [0.717, 1.165) is 48.4 Å². The molecule has 0 aromatic heterocycles. The zero-order valence-corrected chi connectivity index (χ0v) is 10.3. The number of nitrogen functional groups attached to an aromatic ring is 1. The first-order chi connectivity index (χ1) is 5.95. The molecule has 0 heterocycles. The summed E-state index contributed by atoms with van der Waals surface area (Å²) in [6.07, 6.45) is 0. The van der Waals surface area contributed by atoms with Crippen LogP contribution in [0, 0.1) is 0 Å². The van der Waals surface area contributed by atoms with Crippen LogP contribution in [0.3, 0.4) is 0 Å². The molecule has 0 fully saturated rings. The Bertz CT molecular complexity index is 280. The summed E-state index contributed by atoms with van der Waals surface area (Å²) in [6.45, 7) is 1.08. The van der Waals surface area contributed by atoms with Crippen molar-refractivity contribution in [3.8, 4) is 0 Å². The monoisotopic (exact) mass is 209 g/mol. The van der Waals surface area contributed by atoms with E-state index in [4.69, 9.17) is 27.2 Å². The number of carboxylic acids is 1. The molecule has 0 aliphatic heterocycles. The van der Waals surface area contributed by atoms with Gasteiger partial charge < -0.3 is 5.11 Å². The Kier molecular flexibility index (Phi) is 6.16. The molecule has 1 rings (SSSR count). The number of anilines is 1. The van der Waals surface area contributed by atoms with E-state index in [9.17, 15) is 0 Å². The van der Waals surface area contributed by atoms with Crippen LogP contribution in [0.5, 0.6) is 0 Å². The number of aliphatic carboxylic acids is 1. The number of hydrogen-bond acceptors (Lipinski definition) is 2. The SMILES string of the molecule is CC(=O)O.Nc1cccc(Cl)[c]1[Na]. The molecule has 0 unspecified atom stereocenters. The summed E-state index contributed by atoms with van der Waals surface area (Å²) in [5, 5.41) is 8.21. The van der Waals surface area contributed by atoms with Crippen LogP contribution >= 0.6 is 11.6 Å². The molecule has 0 atom stereocenters. The third-order valence-electron chi connectivity index (χ3n) is 1.31. The number of hydrogen-bond donors (Lipinski definition) is 2. The van der Waals surface area contributed by atoms with E-state index in [1.54, 1.807) is 0 Å². The molecule has 0 aliphatic carbocycles. The number of benzene rings is 1. The first-order valence-corrected chi connectivity index (χ1v) is 5.03. The molecular weight excluding hydrogens is 201 g/mol. The predicted octanol–water partition coefficient (Wildman–Crippen LogP) is 0.807. The molecular formula is C8H9ClNNaO2. The quantitative estimate of drug-likeness (QED) is 0.491.